The maximum atomic E-state index is 13.5. The monoisotopic (exact) mass is 586 g/mol. The lowest BCUT2D eigenvalue weighted by atomic mass is 9.96. The van der Waals surface area contributed by atoms with Crippen molar-refractivity contribution in [2.75, 3.05) is 22.9 Å². The van der Waals surface area contributed by atoms with E-state index in [1.54, 1.807) is 0 Å². The van der Waals surface area contributed by atoms with Crippen molar-refractivity contribution in [3.63, 3.8) is 0 Å². The van der Waals surface area contributed by atoms with Gasteiger partial charge < -0.3 is 11.5 Å². The lowest BCUT2D eigenvalue weighted by molar-refractivity contribution is 0.0910. The second-order valence-electron chi connectivity index (χ2n) is 10.1. The number of nitrogens with zero attached hydrogens (tertiary/aromatic N) is 2. The Morgan fingerprint density at radius 2 is 0.773 bits per heavy atom. The smallest absolute Gasteiger partial charge is 0.266 e. The molecule has 0 aromatic heterocycles. The predicted octanol–water partition coefficient (Wildman–Crippen LogP) is 2.80. The van der Waals surface area contributed by atoms with E-state index in [1.807, 2.05) is 0 Å². The zero-order chi connectivity index (χ0) is 31.3. The summed E-state index contributed by atoms with van der Waals surface area (Å²) in [6.07, 6.45) is 0. The van der Waals surface area contributed by atoms with Crippen LogP contribution in [0.15, 0.2) is 84.9 Å². The van der Waals surface area contributed by atoms with Crippen molar-refractivity contribution < 1.29 is 33.6 Å². The van der Waals surface area contributed by atoms with Crippen molar-refractivity contribution in [2.45, 2.75) is 0 Å². The fourth-order valence-corrected chi connectivity index (χ4v) is 5.23. The van der Waals surface area contributed by atoms with Gasteiger partial charge in [0.25, 0.3) is 23.6 Å². The van der Waals surface area contributed by atoms with Gasteiger partial charge in [0.15, 0.2) is 17.3 Å². The van der Waals surface area contributed by atoms with E-state index in [0.29, 0.717) is 11.1 Å². The number of carbonyl (C=O) groups is 7. The molecule has 0 fully saturated rings. The van der Waals surface area contributed by atoms with Crippen LogP contribution >= 0.6 is 0 Å². The second-order valence-corrected chi connectivity index (χ2v) is 10.1. The Balaban J connectivity index is 1.26. The first-order chi connectivity index (χ1) is 21.1. The normalized spacial score (nSPS) is 13.8. The summed E-state index contributed by atoms with van der Waals surface area (Å²) >= 11 is 0. The first-order valence-corrected chi connectivity index (χ1v) is 13.4. The van der Waals surface area contributed by atoms with Gasteiger partial charge in [0.05, 0.1) is 46.7 Å². The minimum atomic E-state index is -0.637. The molecule has 4 aromatic carbocycles. The van der Waals surface area contributed by atoms with E-state index in [1.165, 1.54) is 84.9 Å². The first kappa shape index (κ1) is 28.2. The standard InChI is InChI=1S/C33H22N4O7/c34-15-27(38)17-1-7-21(8-2-17)36-30(41)23-11-5-19(13-25(23)32(36)43)29(40)20-6-12-24-26(14-20)33(44)37(31(24)42)22-9-3-18(4-10-22)28(39)16-35/h1-14H,15-16,34-35H2. The first-order valence-electron chi connectivity index (χ1n) is 13.4. The third-order valence-electron chi connectivity index (χ3n) is 7.56. The lowest BCUT2D eigenvalue weighted by Gasteiger charge is -2.14. The molecular weight excluding hydrogens is 564 g/mol. The Morgan fingerprint density at radius 1 is 0.455 bits per heavy atom. The van der Waals surface area contributed by atoms with E-state index in [4.69, 9.17) is 11.5 Å². The number of hydrogen-bond donors (Lipinski definition) is 2. The van der Waals surface area contributed by atoms with E-state index in [-0.39, 0.29) is 69.4 Å². The molecule has 44 heavy (non-hydrogen) atoms. The molecular formula is C33H22N4O7. The Labute approximate surface area is 249 Å². The second kappa shape index (κ2) is 10.7. The summed E-state index contributed by atoms with van der Waals surface area (Å²) < 4.78 is 0. The number of imide groups is 2. The maximum Gasteiger partial charge on any atom is 0.266 e. The highest BCUT2D eigenvalue weighted by molar-refractivity contribution is 6.36. The molecule has 2 heterocycles. The molecule has 216 valence electrons. The third-order valence-corrected chi connectivity index (χ3v) is 7.56. The third kappa shape index (κ3) is 4.44. The molecule has 0 saturated carbocycles. The number of benzene rings is 4. The Hall–Kier alpha value is -5.91. The number of rotatable bonds is 8. The highest BCUT2D eigenvalue weighted by Gasteiger charge is 2.39. The van der Waals surface area contributed by atoms with Gasteiger partial charge in [0, 0.05) is 22.3 Å². The van der Waals surface area contributed by atoms with Crippen LogP contribution in [0.5, 0.6) is 0 Å². The molecule has 11 nitrogen and oxygen atoms in total. The van der Waals surface area contributed by atoms with Gasteiger partial charge in [-0.2, -0.15) is 0 Å². The molecule has 2 aliphatic heterocycles. The van der Waals surface area contributed by atoms with Crippen LogP contribution < -0.4 is 21.3 Å². The minimum Gasteiger partial charge on any atom is -0.324 e. The van der Waals surface area contributed by atoms with Crippen LogP contribution in [0.25, 0.3) is 0 Å². The van der Waals surface area contributed by atoms with Crippen LogP contribution in [0.4, 0.5) is 11.4 Å². The molecule has 0 saturated heterocycles. The lowest BCUT2D eigenvalue weighted by Crippen LogP contribution is -2.29. The topological polar surface area (TPSA) is 178 Å². The van der Waals surface area contributed by atoms with Gasteiger partial charge in [0.1, 0.15) is 0 Å². The van der Waals surface area contributed by atoms with Crippen molar-refractivity contribution in [3.8, 4) is 0 Å². The average molecular weight is 587 g/mol. The number of fused-ring (bicyclic) bond motifs is 2. The number of anilines is 2. The van der Waals surface area contributed by atoms with E-state index in [0.717, 1.165) is 9.80 Å². The molecule has 0 bridgehead atoms. The fraction of sp³-hybridized carbons (Fsp3) is 0.0606. The SMILES string of the molecule is NCC(=O)c1ccc(N2C(=O)c3ccc(C(=O)c4ccc5c(c4)C(=O)N(c4ccc(C(=O)CN)cc4)C5=O)cc3C2=O)cc1. The van der Waals surface area contributed by atoms with Crippen LogP contribution in [0, 0.1) is 0 Å². The molecule has 0 aliphatic carbocycles. The zero-order valence-electron chi connectivity index (χ0n) is 22.9. The van der Waals surface area contributed by atoms with Crippen molar-refractivity contribution in [1.82, 2.24) is 0 Å². The summed E-state index contributed by atoms with van der Waals surface area (Å²) in [5.74, 6) is -3.54. The minimum absolute atomic E-state index is 0.0260. The van der Waals surface area contributed by atoms with Crippen molar-refractivity contribution in [3.05, 3.63) is 129 Å². The highest BCUT2D eigenvalue weighted by Crippen LogP contribution is 2.32. The van der Waals surface area contributed by atoms with E-state index in [2.05, 4.69) is 0 Å². The Kier molecular flexibility index (Phi) is 6.88. The number of carbonyl (C=O) groups excluding carboxylic acids is 7. The van der Waals surface area contributed by atoms with Crippen LogP contribution in [0.2, 0.25) is 0 Å². The Bertz CT molecular complexity index is 1820. The summed E-state index contributed by atoms with van der Waals surface area (Å²) in [6, 6.07) is 20.0. The number of amides is 4. The van der Waals surface area contributed by atoms with Gasteiger partial charge in [-0.1, -0.05) is 12.1 Å². The summed E-state index contributed by atoms with van der Waals surface area (Å²) in [7, 11) is 0. The molecule has 2 aliphatic rings. The highest BCUT2D eigenvalue weighted by atomic mass is 16.2. The summed E-state index contributed by atoms with van der Waals surface area (Å²) in [4.78, 5) is 91.8. The summed E-state index contributed by atoms with van der Waals surface area (Å²) in [6.45, 7) is -0.356. The summed E-state index contributed by atoms with van der Waals surface area (Å²) in [5, 5.41) is 0. The van der Waals surface area contributed by atoms with Crippen LogP contribution in [-0.4, -0.2) is 54.1 Å². The molecule has 0 unspecified atom stereocenters. The van der Waals surface area contributed by atoms with Crippen LogP contribution in [0.1, 0.15) is 78.1 Å². The van der Waals surface area contributed by atoms with Gasteiger partial charge in [0.2, 0.25) is 0 Å². The summed E-state index contributed by atoms with van der Waals surface area (Å²) in [5.41, 5.74) is 12.4. The molecule has 11 heteroatoms. The molecule has 4 aromatic rings. The molecule has 0 atom stereocenters. The van der Waals surface area contributed by atoms with Gasteiger partial charge in [-0.15, -0.1) is 0 Å². The predicted molar refractivity (Wildman–Crippen MR) is 158 cm³/mol. The van der Waals surface area contributed by atoms with E-state index >= 15 is 0 Å². The number of hydrogen-bond acceptors (Lipinski definition) is 9. The quantitative estimate of drug-likeness (QED) is 0.232. The number of Topliss-reactive ketones (excluding diaryl/α,β-unsaturated/α-hetero) is 2. The van der Waals surface area contributed by atoms with Crippen molar-refractivity contribution in [2.24, 2.45) is 11.5 Å². The van der Waals surface area contributed by atoms with Crippen LogP contribution in [0.3, 0.4) is 0 Å². The molecule has 0 radical (unpaired) electrons. The Morgan fingerprint density at radius 3 is 1.11 bits per heavy atom. The average Bonchev–Trinajstić information content (AvgIpc) is 3.46. The molecule has 0 spiro atoms. The fourth-order valence-electron chi connectivity index (χ4n) is 5.23. The van der Waals surface area contributed by atoms with Crippen LogP contribution in [-0.2, 0) is 0 Å². The molecule has 4 N–H and O–H groups in total. The molecule has 4 amide bonds. The zero-order valence-corrected chi connectivity index (χ0v) is 22.9. The van der Waals surface area contributed by atoms with Crippen molar-refractivity contribution >= 4 is 52.4 Å². The van der Waals surface area contributed by atoms with Gasteiger partial charge in [-0.3, -0.25) is 33.6 Å². The van der Waals surface area contributed by atoms with Gasteiger partial charge in [-0.05, 0) is 72.8 Å². The maximum absolute atomic E-state index is 13.5. The van der Waals surface area contributed by atoms with E-state index < -0.39 is 29.4 Å². The van der Waals surface area contributed by atoms with Gasteiger partial charge in [-0.25, -0.2) is 9.80 Å². The van der Waals surface area contributed by atoms with Gasteiger partial charge >= 0.3 is 0 Å². The van der Waals surface area contributed by atoms with E-state index in [9.17, 15) is 33.6 Å². The van der Waals surface area contributed by atoms with Crippen molar-refractivity contribution in [1.29, 1.82) is 0 Å². The largest absolute Gasteiger partial charge is 0.324 e. The number of nitrogens with two attached hydrogens (primary N) is 2. The number of ketones is 3. The molecule has 6 rings (SSSR count).